The highest BCUT2D eigenvalue weighted by molar-refractivity contribution is 7.98. The number of thiazole rings is 1. The molecule has 2 aromatic heterocycles. The second-order valence-electron chi connectivity index (χ2n) is 2.97. The van der Waals surface area contributed by atoms with Gasteiger partial charge < -0.3 is 5.73 Å². The zero-order valence-corrected chi connectivity index (χ0v) is 9.81. The minimum Gasteiger partial charge on any atom is -0.384 e. The van der Waals surface area contributed by atoms with Crippen LogP contribution in [0.4, 0.5) is 5.82 Å². The normalized spacial score (nSPS) is 10.5. The van der Waals surface area contributed by atoms with Crippen molar-refractivity contribution in [1.82, 2.24) is 15.0 Å². The van der Waals surface area contributed by atoms with Crippen molar-refractivity contribution in [2.75, 3.05) is 5.73 Å². The summed E-state index contributed by atoms with van der Waals surface area (Å²) in [6.07, 6.45) is 1.86. The topological polar surface area (TPSA) is 64.7 Å². The van der Waals surface area contributed by atoms with Crippen molar-refractivity contribution in [2.45, 2.75) is 17.8 Å². The summed E-state index contributed by atoms with van der Waals surface area (Å²) in [7, 11) is 0. The van der Waals surface area contributed by atoms with Crippen molar-refractivity contribution in [1.29, 1.82) is 0 Å². The first-order valence-electron chi connectivity index (χ1n) is 4.35. The summed E-state index contributed by atoms with van der Waals surface area (Å²) < 4.78 is 0. The molecule has 0 aromatic carbocycles. The number of nitrogen functional groups attached to an aromatic ring is 1. The maximum absolute atomic E-state index is 5.63. The van der Waals surface area contributed by atoms with E-state index in [1.165, 1.54) is 4.88 Å². The molecule has 0 aliphatic rings. The fourth-order valence-electron chi connectivity index (χ4n) is 1.08. The molecular weight excluding hydrogens is 228 g/mol. The average molecular weight is 238 g/mol. The van der Waals surface area contributed by atoms with Gasteiger partial charge in [-0.2, -0.15) is 0 Å². The zero-order chi connectivity index (χ0) is 10.7. The summed E-state index contributed by atoms with van der Waals surface area (Å²) in [5.74, 6) is 1.36. The van der Waals surface area contributed by atoms with Crippen LogP contribution in [-0.4, -0.2) is 15.0 Å². The van der Waals surface area contributed by atoms with E-state index >= 15 is 0 Å². The van der Waals surface area contributed by atoms with Gasteiger partial charge in [-0.25, -0.2) is 9.97 Å². The van der Waals surface area contributed by atoms with Crippen LogP contribution >= 0.6 is 23.1 Å². The second kappa shape index (κ2) is 4.59. The molecule has 4 nitrogen and oxygen atoms in total. The minimum absolute atomic E-state index is 0.523. The van der Waals surface area contributed by atoms with Crippen molar-refractivity contribution < 1.29 is 0 Å². The predicted molar refractivity (Wildman–Crippen MR) is 62.9 cm³/mol. The van der Waals surface area contributed by atoms with Crippen molar-refractivity contribution in [3.05, 3.63) is 28.3 Å². The van der Waals surface area contributed by atoms with E-state index in [2.05, 4.69) is 15.0 Å². The molecule has 78 valence electrons. The fraction of sp³-hybridized carbons (Fsp3) is 0.222. The molecule has 0 bridgehead atoms. The molecule has 0 unspecified atom stereocenters. The molecule has 0 saturated heterocycles. The molecule has 0 radical (unpaired) electrons. The SMILES string of the molecule is Cc1cc(N)nc(SCc2cncs2)n1. The molecule has 2 rings (SSSR count). The monoisotopic (exact) mass is 238 g/mol. The van der Waals surface area contributed by atoms with Gasteiger partial charge in [0.1, 0.15) is 5.82 Å². The van der Waals surface area contributed by atoms with Crippen LogP contribution in [0.15, 0.2) is 22.9 Å². The van der Waals surface area contributed by atoms with E-state index < -0.39 is 0 Å². The second-order valence-corrected chi connectivity index (χ2v) is 4.89. The van der Waals surface area contributed by atoms with E-state index in [0.29, 0.717) is 5.82 Å². The van der Waals surface area contributed by atoms with Crippen molar-refractivity contribution in [2.24, 2.45) is 0 Å². The molecule has 0 saturated carbocycles. The zero-order valence-electron chi connectivity index (χ0n) is 8.17. The molecule has 0 fully saturated rings. The van der Waals surface area contributed by atoms with Crippen LogP contribution in [0.25, 0.3) is 0 Å². The minimum atomic E-state index is 0.523. The highest BCUT2D eigenvalue weighted by Crippen LogP contribution is 2.21. The van der Waals surface area contributed by atoms with Crippen LogP contribution in [0, 0.1) is 6.92 Å². The summed E-state index contributed by atoms with van der Waals surface area (Å²) in [5, 5.41) is 0.723. The number of thioether (sulfide) groups is 1. The number of hydrogen-bond acceptors (Lipinski definition) is 6. The van der Waals surface area contributed by atoms with Gasteiger partial charge in [0, 0.05) is 28.6 Å². The Labute approximate surface area is 96.0 Å². The Morgan fingerprint density at radius 1 is 1.47 bits per heavy atom. The van der Waals surface area contributed by atoms with Crippen molar-refractivity contribution in [3.63, 3.8) is 0 Å². The Morgan fingerprint density at radius 3 is 3.00 bits per heavy atom. The summed E-state index contributed by atoms with van der Waals surface area (Å²) in [5.41, 5.74) is 8.35. The Bertz CT molecular complexity index is 421. The Morgan fingerprint density at radius 2 is 2.33 bits per heavy atom. The molecule has 0 spiro atoms. The van der Waals surface area contributed by atoms with Gasteiger partial charge in [-0.05, 0) is 6.92 Å². The van der Waals surface area contributed by atoms with Crippen LogP contribution in [-0.2, 0) is 5.75 Å². The Kier molecular flexibility index (Phi) is 3.17. The highest BCUT2D eigenvalue weighted by atomic mass is 32.2. The fourth-order valence-corrected chi connectivity index (χ4v) is 2.63. The quantitative estimate of drug-likeness (QED) is 0.655. The largest absolute Gasteiger partial charge is 0.384 e. The van der Waals surface area contributed by atoms with Crippen LogP contribution < -0.4 is 5.73 Å². The summed E-state index contributed by atoms with van der Waals surface area (Å²) >= 11 is 3.21. The van der Waals surface area contributed by atoms with Crippen molar-refractivity contribution >= 4 is 28.9 Å². The lowest BCUT2D eigenvalue weighted by Gasteiger charge is -2.00. The Balaban J connectivity index is 2.05. The third kappa shape index (κ3) is 2.90. The molecule has 0 atom stereocenters. The van der Waals surface area contributed by atoms with E-state index in [4.69, 9.17) is 5.73 Å². The maximum atomic E-state index is 5.63. The highest BCUT2D eigenvalue weighted by Gasteiger charge is 2.02. The third-order valence-electron chi connectivity index (χ3n) is 1.68. The van der Waals surface area contributed by atoms with Gasteiger partial charge in [0.05, 0.1) is 5.51 Å². The smallest absolute Gasteiger partial charge is 0.190 e. The van der Waals surface area contributed by atoms with Gasteiger partial charge in [0.2, 0.25) is 0 Å². The first-order valence-corrected chi connectivity index (χ1v) is 6.22. The summed E-state index contributed by atoms with van der Waals surface area (Å²) in [4.78, 5) is 13.7. The predicted octanol–water partition coefficient (Wildman–Crippen LogP) is 2.12. The van der Waals surface area contributed by atoms with Gasteiger partial charge in [-0.3, -0.25) is 4.98 Å². The number of nitrogens with two attached hydrogens (primary N) is 1. The molecule has 0 aliphatic heterocycles. The molecule has 0 amide bonds. The van der Waals surface area contributed by atoms with Gasteiger partial charge in [0.15, 0.2) is 5.16 Å². The molecule has 6 heteroatoms. The number of anilines is 1. The van der Waals surface area contributed by atoms with Crippen molar-refractivity contribution in [3.8, 4) is 0 Å². The van der Waals surface area contributed by atoms with Crippen LogP contribution in [0.1, 0.15) is 10.6 Å². The van der Waals surface area contributed by atoms with Gasteiger partial charge in [-0.15, -0.1) is 11.3 Å². The van der Waals surface area contributed by atoms with E-state index in [-0.39, 0.29) is 0 Å². The number of aryl methyl sites for hydroxylation is 1. The molecule has 2 N–H and O–H groups in total. The lowest BCUT2D eigenvalue weighted by atomic mass is 10.4. The number of rotatable bonds is 3. The molecule has 0 aliphatic carbocycles. The van der Waals surface area contributed by atoms with E-state index in [1.807, 2.05) is 18.6 Å². The Hall–Kier alpha value is -1.14. The number of nitrogens with zero attached hydrogens (tertiary/aromatic N) is 3. The number of hydrogen-bond donors (Lipinski definition) is 1. The van der Waals surface area contributed by atoms with E-state index in [0.717, 1.165) is 16.6 Å². The molecule has 2 aromatic rings. The number of aromatic nitrogens is 3. The standard InChI is InChI=1S/C9H10N4S2/c1-6-2-8(10)13-9(12-6)14-4-7-3-11-5-15-7/h2-3,5H,4H2,1H3,(H2,10,12,13). The third-order valence-corrected chi connectivity index (χ3v) is 3.54. The molecular formula is C9H10N4S2. The van der Waals surface area contributed by atoms with Crippen LogP contribution in [0.3, 0.4) is 0 Å². The van der Waals surface area contributed by atoms with Gasteiger partial charge >= 0.3 is 0 Å². The van der Waals surface area contributed by atoms with Gasteiger partial charge in [-0.1, -0.05) is 11.8 Å². The first kappa shape index (κ1) is 10.4. The maximum Gasteiger partial charge on any atom is 0.190 e. The van der Waals surface area contributed by atoms with Crippen LogP contribution in [0.5, 0.6) is 0 Å². The summed E-state index contributed by atoms with van der Waals surface area (Å²) in [6.45, 7) is 1.91. The van der Waals surface area contributed by atoms with E-state index in [9.17, 15) is 0 Å². The summed E-state index contributed by atoms with van der Waals surface area (Å²) in [6, 6.07) is 1.76. The van der Waals surface area contributed by atoms with Crippen LogP contribution in [0.2, 0.25) is 0 Å². The van der Waals surface area contributed by atoms with Gasteiger partial charge in [0.25, 0.3) is 0 Å². The lowest BCUT2D eigenvalue weighted by molar-refractivity contribution is 0.940. The molecule has 2 heterocycles. The lowest BCUT2D eigenvalue weighted by Crippen LogP contribution is -1.96. The molecule has 15 heavy (non-hydrogen) atoms. The first-order chi connectivity index (χ1) is 7.24. The van der Waals surface area contributed by atoms with E-state index in [1.54, 1.807) is 29.2 Å². The average Bonchev–Trinajstić information content (AvgIpc) is 2.65.